The molecule has 3 rings (SSSR count). The summed E-state index contributed by atoms with van der Waals surface area (Å²) in [7, 11) is 0. The van der Waals surface area contributed by atoms with Gasteiger partial charge in [-0.05, 0) is 42.7 Å². The number of hydrogen-bond acceptors (Lipinski definition) is 1. The molecule has 0 fully saturated rings. The molecule has 3 heteroatoms. The lowest BCUT2D eigenvalue weighted by Gasteiger charge is -2.35. The second-order valence-electron chi connectivity index (χ2n) is 5.27. The lowest BCUT2D eigenvalue weighted by molar-refractivity contribution is 0.0658. The highest BCUT2D eigenvalue weighted by atomic mass is 19.1. The number of amides is 1. The minimum absolute atomic E-state index is 0.105. The Morgan fingerprint density at radius 2 is 1.90 bits per heavy atom. The van der Waals surface area contributed by atoms with Crippen molar-refractivity contribution in [3.8, 4) is 0 Å². The molecule has 2 aromatic carbocycles. The standard InChI is InChI=1S/C17H16FNO/c1-12-9-13-5-2-3-6-15(13)11-19(12)17(20)14-7-4-8-16(18)10-14/h2-8,10,12H,9,11H2,1H3. The maximum atomic E-state index is 13.3. The van der Waals surface area contributed by atoms with Gasteiger partial charge in [0.15, 0.2) is 0 Å². The van der Waals surface area contributed by atoms with E-state index in [9.17, 15) is 9.18 Å². The van der Waals surface area contributed by atoms with Crippen LogP contribution < -0.4 is 0 Å². The van der Waals surface area contributed by atoms with Gasteiger partial charge in [-0.25, -0.2) is 4.39 Å². The molecule has 20 heavy (non-hydrogen) atoms. The maximum Gasteiger partial charge on any atom is 0.254 e. The van der Waals surface area contributed by atoms with Crippen molar-refractivity contribution in [3.63, 3.8) is 0 Å². The summed E-state index contributed by atoms with van der Waals surface area (Å²) in [6.07, 6.45) is 0.844. The fourth-order valence-corrected chi connectivity index (χ4v) is 2.74. The Kier molecular flexibility index (Phi) is 3.26. The number of nitrogens with zero attached hydrogens (tertiary/aromatic N) is 1. The van der Waals surface area contributed by atoms with Crippen LogP contribution in [0.3, 0.4) is 0 Å². The third-order valence-electron chi connectivity index (χ3n) is 3.84. The van der Waals surface area contributed by atoms with Crippen molar-refractivity contribution < 1.29 is 9.18 Å². The van der Waals surface area contributed by atoms with Gasteiger partial charge in [-0.2, -0.15) is 0 Å². The molecule has 1 heterocycles. The van der Waals surface area contributed by atoms with Gasteiger partial charge in [0.1, 0.15) is 5.82 Å². The second-order valence-corrected chi connectivity index (χ2v) is 5.27. The van der Waals surface area contributed by atoms with E-state index in [1.54, 1.807) is 12.1 Å². The molecule has 0 bridgehead atoms. The summed E-state index contributed by atoms with van der Waals surface area (Å²) in [4.78, 5) is 14.3. The first-order valence-electron chi connectivity index (χ1n) is 6.78. The largest absolute Gasteiger partial charge is 0.331 e. The maximum absolute atomic E-state index is 13.3. The molecule has 0 aliphatic carbocycles. The van der Waals surface area contributed by atoms with Crippen LogP contribution in [-0.4, -0.2) is 16.8 Å². The fourth-order valence-electron chi connectivity index (χ4n) is 2.74. The minimum Gasteiger partial charge on any atom is -0.331 e. The van der Waals surface area contributed by atoms with Crippen LogP contribution in [0.1, 0.15) is 28.4 Å². The summed E-state index contributed by atoms with van der Waals surface area (Å²) in [5.41, 5.74) is 2.88. The molecule has 2 aromatic rings. The van der Waals surface area contributed by atoms with Gasteiger partial charge in [-0.3, -0.25) is 4.79 Å². The van der Waals surface area contributed by atoms with Crippen LogP contribution in [0.4, 0.5) is 4.39 Å². The molecule has 1 unspecified atom stereocenters. The molecule has 102 valence electrons. The van der Waals surface area contributed by atoms with Gasteiger partial charge < -0.3 is 4.90 Å². The molecular weight excluding hydrogens is 253 g/mol. The Hall–Kier alpha value is -2.16. The van der Waals surface area contributed by atoms with E-state index >= 15 is 0 Å². The Morgan fingerprint density at radius 1 is 1.15 bits per heavy atom. The van der Waals surface area contributed by atoms with Crippen LogP contribution in [0, 0.1) is 5.82 Å². The van der Waals surface area contributed by atoms with E-state index < -0.39 is 0 Å². The third kappa shape index (κ3) is 2.31. The molecule has 2 nitrogen and oxygen atoms in total. The van der Waals surface area contributed by atoms with Crippen LogP contribution in [0.15, 0.2) is 48.5 Å². The predicted octanol–water partition coefficient (Wildman–Crippen LogP) is 3.41. The smallest absolute Gasteiger partial charge is 0.254 e. The molecule has 1 aliphatic heterocycles. The Labute approximate surface area is 117 Å². The number of fused-ring (bicyclic) bond motifs is 1. The zero-order valence-electron chi connectivity index (χ0n) is 11.3. The minimum atomic E-state index is -0.374. The van der Waals surface area contributed by atoms with Crippen LogP contribution in [0.2, 0.25) is 0 Å². The second kappa shape index (κ2) is 5.08. The molecule has 1 atom stereocenters. The van der Waals surface area contributed by atoms with Gasteiger partial charge >= 0.3 is 0 Å². The van der Waals surface area contributed by atoms with Gasteiger partial charge in [-0.15, -0.1) is 0 Å². The summed E-state index contributed by atoms with van der Waals surface area (Å²) < 4.78 is 13.3. The number of halogens is 1. The molecule has 0 saturated carbocycles. The lowest BCUT2D eigenvalue weighted by atomic mass is 9.94. The normalized spacial score (nSPS) is 17.7. The Balaban J connectivity index is 1.90. The van der Waals surface area contributed by atoms with Gasteiger partial charge in [-0.1, -0.05) is 30.3 Å². The summed E-state index contributed by atoms with van der Waals surface area (Å²) in [5.74, 6) is -0.479. The van der Waals surface area contributed by atoms with Crippen molar-refractivity contribution in [3.05, 3.63) is 71.0 Å². The Morgan fingerprint density at radius 3 is 2.65 bits per heavy atom. The van der Waals surface area contributed by atoms with E-state index in [4.69, 9.17) is 0 Å². The SMILES string of the molecule is CC1Cc2ccccc2CN1C(=O)c1cccc(F)c1. The Bertz CT molecular complexity index is 653. The molecule has 0 saturated heterocycles. The quantitative estimate of drug-likeness (QED) is 0.777. The molecular formula is C17H16FNO. The molecule has 0 spiro atoms. The fraction of sp³-hybridized carbons (Fsp3) is 0.235. The summed E-state index contributed by atoms with van der Waals surface area (Å²) in [6, 6.07) is 14.2. The van der Waals surface area contributed by atoms with E-state index in [0.29, 0.717) is 12.1 Å². The first-order valence-corrected chi connectivity index (χ1v) is 6.78. The van der Waals surface area contributed by atoms with Crippen LogP contribution in [0.25, 0.3) is 0 Å². The van der Waals surface area contributed by atoms with Crippen LogP contribution in [0.5, 0.6) is 0 Å². The van der Waals surface area contributed by atoms with Gasteiger partial charge in [0, 0.05) is 18.2 Å². The van der Waals surface area contributed by atoms with Gasteiger partial charge in [0.2, 0.25) is 0 Å². The van der Waals surface area contributed by atoms with Crippen molar-refractivity contribution >= 4 is 5.91 Å². The number of carbonyl (C=O) groups excluding carboxylic acids is 1. The number of carbonyl (C=O) groups is 1. The van der Waals surface area contributed by atoms with E-state index in [-0.39, 0.29) is 17.8 Å². The highest BCUT2D eigenvalue weighted by Crippen LogP contribution is 2.24. The van der Waals surface area contributed by atoms with Gasteiger partial charge in [0.25, 0.3) is 5.91 Å². The monoisotopic (exact) mass is 269 g/mol. The topological polar surface area (TPSA) is 20.3 Å². The highest BCUT2D eigenvalue weighted by Gasteiger charge is 2.27. The lowest BCUT2D eigenvalue weighted by Crippen LogP contribution is -2.42. The first kappa shape index (κ1) is 12.9. The van der Waals surface area contributed by atoms with Crippen molar-refractivity contribution in [2.24, 2.45) is 0 Å². The highest BCUT2D eigenvalue weighted by molar-refractivity contribution is 5.94. The van der Waals surface area contributed by atoms with E-state index in [2.05, 4.69) is 6.07 Å². The first-order chi connectivity index (χ1) is 9.65. The predicted molar refractivity (Wildman–Crippen MR) is 75.9 cm³/mol. The van der Waals surface area contributed by atoms with E-state index in [1.165, 1.54) is 23.3 Å². The summed E-state index contributed by atoms with van der Waals surface area (Å²) >= 11 is 0. The third-order valence-corrected chi connectivity index (χ3v) is 3.84. The van der Waals surface area contributed by atoms with Crippen molar-refractivity contribution in [1.82, 2.24) is 4.90 Å². The summed E-state index contributed by atoms with van der Waals surface area (Å²) in [5, 5.41) is 0. The summed E-state index contributed by atoms with van der Waals surface area (Å²) in [6.45, 7) is 2.62. The van der Waals surface area contributed by atoms with Crippen molar-refractivity contribution in [1.29, 1.82) is 0 Å². The molecule has 1 aliphatic rings. The van der Waals surface area contributed by atoms with Gasteiger partial charge in [0.05, 0.1) is 0 Å². The van der Waals surface area contributed by atoms with E-state index in [1.807, 2.05) is 30.0 Å². The average Bonchev–Trinajstić information content (AvgIpc) is 2.46. The van der Waals surface area contributed by atoms with Crippen LogP contribution in [-0.2, 0) is 13.0 Å². The molecule has 0 N–H and O–H groups in total. The number of rotatable bonds is 1. The van der Waals surface area contributed by atoms with Crippen molar-refractivity contribution in [2.75, 3.05) is 0 Å². The zero-order chi connectivity index (χ0) is 14.1. The number of hydrogen-bond donors (Lipinski definition) is 0. The number of benzene rings is 2. The average molecular weight is 269 g/mol. The molecule has 0 radical (unpaired) electrons. The molecule has 0 aromatic heterocycles. The molecule has 1 amide bonds. The van der Waals surface area contributed by atoms with Crippen LogP contribution >= 0.6 is 0 Å². The van der Waals surface area contributed by atoms with E-state index in [0.717, 1.165) is 6.42 Å². The van der Waals surface area contributed by atoms with Crippen molar-refractivity contribution in [2.45, 2.75) is 25.9 Å². The zero-order valence-corrected chi connectivity index (χ0v) is 11.3.